The van der Waals surface area contributed by atoms with Crippen LogP contribution in [0.2, 0.25) is 0 Å². The number of thiophene rings is 3. The average molecular weight is 1580 g/mol. The van der Waals surface area contributed by atoms with Crippen LogP contribution in [-0.2, 0) is 0 Å². The lowest BCUT2D eigenvalue weighted by Gasteiger charge is -2.13. The van der Waals surface area contributed by atoms with Crippen molar-refractivity contribution in [3.63, 3.8) is 0 Å². The largest absolute Gasteiger partial charge is 0.455 e. The summed E-state index contributed by atoms with van der Waals surface area (Å²) < 4.78 is 14.0. The topological polar surface area (TPSA) is 90.5 Å². The zero-order valence-corrected chi connectivity index (χ0v) is 66.9. The van der Waals surface area contributed by atoms with Crippen LogP contribution in [0.5, 0.6) is 0 Å². The predicted molar refractivity (Wildman–Crippen MR) is 506 cm³/mol. The fraction of sp³-hybridized carbons (Fsp3) is 0. The van der Waals surface area contributed by atoms with Crippen LogP contribution in [0.4, 0.5) is 0 Å². The molecule has 24 rings (SSSR count). The Morgan fingerprint density at radius 1 is 0.192 bits per heavy atom. The molecular formula is C110H66N6OS3. The molecule has 560 valence electrons. The van der Waals surface area contributed by atoms with E-state index in [-0.39, 0.29) is 0 Å². The zero-order chi connectivity index (χ0) is 79.1. The number of furan rings is 1. The highest BCUT2D eigenvalue weighted by Crippen LogP contribution is 2.49. The Labute approximate surface area is 702 Å². The minimum absolute atomic E-state index is 0.680. The van der Waals surface area contributed by atoms with Crippen molar-refractivity contribution in [1.29, 1.82) is 0 Å². The molecule has 120 heavy (non-hydrogen) atoms. The van der Waals surface area contributed by atoms with Crippen molar-refractivity contribution >= 4 is 138 Å². The van der Waals surface area contributed by atoms with Crippen LogP contribution in [0.1, 0.15) is 0 Å². The highest BCUT2D eigenvalue weighted by molar-refractivity contribution is 7.27. The van der Waals surface area contributed by atoms with Gasteiger partial charge in [0.1, 0.15) is 11.2 Å². The summed E-state index contributed by atoms with van der Waals surface area (Å²) in [5.41, 5.74) is 26.5. The van der Waals surface area contributed by atoms with Crippen LogP contribution in [0.15, 0.2) is 405 Å². The number of hydrogen-bond acceptors (Lipinski definition) is 10. The van der Waals surface area contributed by atoms with Crippen LogP contribution >= 0.6 is 34.0 Å². The van der Waals surface area contributed by atoms with Crippen molar-refractivity contribution in [3.8, 4) is 135 Å². The lowest BCUT2D eigenvalue weighted by atomic mass is 9.96. The Kier molecular flexibility index (Phi) is 17.4. The van der Waals surface area contributed by atoms with Crippen LogP contribution in [-0.4, -0.2) is 29.9 Å². The SMILES string of the molecule is c1ccc(-c2cc(-c3cccc(-c4cccc5c4sc4ccccc45)c3)nc(-c3ccc(-c4nc5c(-c6ccccc6)cccc5c5c4sc4ccccc45)cc3)n2)cc1.c1ccc(-c2cc(-c3ccccc3)nc(-c3ccc(-c4ccc(-c5nc6c(-c7cccc8c7oc7ccccc78)cccc6c6c5sc5ccccc56)cc4)cc3)n2)cc1. The smallest absolute Gasteiger partial charge is 0.160 e. The third-order valence-electron chi connectivity index (χ3n) is 23.0. The van der Waals surface area contributed by atoms with Gasteiger partial charge in [-0.1, -0.05) is 358 Å². The van der Waals surface area contributed by atoms with Gasteiger partial charge in [0, 0.05) is 134 Å². The molecule has 0 spiro atoms. The first-order chi connectivity index (χ1) is 59.5. The Bertz CT molecular complexity index is 8070. The molecule has 0 bridgehead atoms. The number of benzene rings is 16. The number of aromatic nitrogens is 6. The van der Waals surface area contributed by atoms with Crippen molar-refractivity contribution in [3.05, 3.63) is 400 Å². The van der Waals surface area contributed by atoms with E-state index in [9.17, 15) is 0 Å². The first kappa shape index (κ1) is 70.4. The van der Waals surface area contributed by atoms with E-state index >= 15 is 0 Å². The van der Waals surface area contributed by atoms with Gasteiger partial charge in [-0.05, 0) is 70.3 Å². The van der Waals surface area contributed by atoms with E-state index in [4.69, 9.17) is 34.3 Å². The Morgan fingerprint density at radius 3 is 1.07 bits per heavy atom. The van der Waals surface area contributed by atoms with E-state index in [2.05, 4.69) is 346 Å². The predicted octanol–water partition coefficient (Wildman–Crippen LogP) is 31.1. The van der Waals surface area contributed by atoms with Crippen molar-refractivity contribution in [2.24, 2.45) is 0 Å². The molecule has 0 aliphatic rings. The lowest BCUT2D eigenvalue weighted by Crippen LogP contribution is -1.96. The molecule has 16 aromatic carbocycles. The molecule has 0 aliphatic heterocycles. The summed E-state index contributed by atoms with van der Waals surface area (Å²) in [5.74, 6) is 1.38. The molecule has 0 saturated heterocycles. The third kappa shape index (κ3) is 12.5. The number of para-hydroxylation sites is 4. The fourth-order valence-electron chi connectivity index (χ4n) is 17.2. The van der Waals surface area contributed by atoms with Gasteiger partial charge in [-0.25, -0.2) is 29.9 Å². The van der Waals surface area contributed by atoms with Crippen LogP contribution < -0.4 is 0 Å². The molecule has 0 aliphatic carbocycles. The molecule has 0 amide bonds. The van der Waals surface area contributed by atoms with Gasteiger partial charge in [0.15, 0.2) is 11.6 Å². The number of pyridine rings is 2. The summed E-state index contributed by atoms with van der Waals surface area (Å²) >= 11 is 5.48. The second kappa shape index (κ2) is 29.6. The van der Waals surface area contributed by atoms with Crippen LogP contribution in [0.3, 0.4) is 0 Å². The lowest BCUT2D eigenvalue weighted by molar-refractivity contribution is 0.670. The first-order valence-electron chi connectivity index (χ1n) is 40.2. The summed E-state index contributed by atoms with van der Waals surface area (Å²) in [6.07, 6.45) is 0. The summed E-state index contributed by atoms with van der Waals surface area (Å²) in [6, 6.07) is 141. The molecule has 8 aromatic heterocycles. The van der Waals surface area contributed by atoms with Gasteiger partial charge in [0.25, 0.3) is 0 Å². The van der Waals surface area contributed by atoms with Gasteiger partial charge < -0.3 is 4.42 Å². The second-order valence-corrected chi connectivity index (χ2v) is 33.3. The van der Waals surface area contributed by atoms with Gasteiger partial charge in [-0.15, -0.1) is 34.0 Å². The second-order valence-electron chi connectivity index (χ2n) is 30.2. The number of hydrogen-bond donors (Lipinski definition) is 0. The molecule has 0 radical (unpaired) electrons. The van der Waals surface area contributed by atoms with Gasteiger partial charge >= 0.3 is 0 Å². The van der Waals surface area contributed by atoms with Crippen LogP contribution in [0, 0.1) is 0 Å². The summed E-state index contributed by atoms with van der Waals surface area (Å²) in [5, 5.41) is 12.1. The van der Waals surface area contributed by atoms with E-state index in [0.29, 0.717) is 11.6 Å². The van der Waals surface area contributed by atoms with E-state index in [1.807, 2.05) is 88.6 Å². The number of rotatable bonds is 12. The van der Waals surface area contributed by atoms with Crippen LogP contribution in [0.25, 0.3) is 239 Å². The van der Waals surface area contributed by atoms with Gasteiger partial charge in [-0.2, -0.15) is 0 Å². The highest BCUT2D eigenvalue weighted by atomic mass is 32.1. The molecule has 7 nitrogen and oxygen atoms in total. The van der Waals surface area contributed by atoms with E-state index in [0.717, 1.165) is 150 Å². The molecule has 24 aromatic rings. The summed E-state index contributed by atoms with van der Waals surface area (Å²) in [7, 11) is 0. The molecule has 0 fully saturated rings. The van der Waals surface area contributed by atoms with Gasteiger partial charge in [0.05, 0.1) is 54.6 Å². The molecule has 0 unspecified atom stereocenters. The molecular weight excluding hydrogens is 1520 g/mol. The monoisotopic (exact) mass is 1580 g/mol. The Morgan fingerprint density at radius 2 is 0.542 bits per heavy atom. The number of fused-ring (bicyclic) bond motifs is 16. The summed E-state index contributed by atoms with van der Waals surface area (Å²) in [4.78, 5) is 31.6. The molecule has 0 saturated carbocycles. The minimum Gasteiger partial charge on any atom is -0.455 e. The van der Waals surface area contributed by atoms with Crippen molar-refractivity contribution < 1.29 is 4.42 Å². The van der Waals surface area contributed by atoms with E-state index in [1.54, 1.807) is 0 Å². The Hall–Kier alpha value is -15.0. The minimum atomic E-state index is 0.680. The van der Waals surface area contributed by atoms with Crippen molar-refractivity contribution in [1.82, 2.24) is 29.9 Å². The Balaban J connectivity index is 0.000000140. The maximum absolute atomic E-state index is 6.55. The maximum atomic E-state index is 6.55. The maximum Gasteiger partial charge on any atom is 0.160 e. The van der Waals surface area contributed by atoms with Gasteiger partial charge in [0.2, 0.25) is 0 Å². The standard InChI is InChI=1S/C55H33N3OS.C55H33N3S2/c1-3-13-36(14-4-1)46-33-47(37-15-5-2-6-16-37)57-55(56-46)39-31-27-35(28-32-39)34-25-29-38(30-26-34)51-54-50(44-18-8-10-24-49(44)60-54)45-22-11-19-41(52(45)58-51)43-21-12-20-42-40-17-7-9-23-48(40)59-53(42)43;1-3-14-34(15-4-1)40-22-12-25-45-50-44-21-8-10-27-49(44)60-54(50)51(58-52(40)45)36-28-30-37(31-29-36)55-56-46(35-16-5-2-6-17-35)33-47(57-55)39-19-11-18-38(32-39)41-23-13-24-43-42-20-7-9-26-48(42)59-53(41)43/h2*1-33H. The molecule has 0 atom stereocenters. The first-order valence-corrected chi connectivity index (χ1v) is 42.6. The quantitative estimate of drug-likeness (QED) is 0.120. The van der Waals surface area contributed by atoms with E-state index < -0.39 is 0 Å². The van der Waals surface area contributed by atoms with Gasteiger partial charge in [-0.3, -0.25) is 0 Å². The van der Waals surface area contributed by atoms with Crippen molar-refractivity contribution in [2.45, 2.75) is 0 Å². The normalized spacial score (nSPS) is 11.7. The molecule has 8 heterocycles. The number of nitrogens with zero attached hydrogens (tertiary/aromatic N) is 6. The zero-order valence-electron chi connectivity index (χ0n) is 64.4. The van der Waals surface area contributed by atoms with Crippen molar-refractivity contribution in [2.75, 3.05) is 0 Å². The fourth-order valence-corrected chi connectivity index (χ4v) is 20.9. The summed E-state index contributed by atoms with van der Waals surface area (Å²) in [6.45, 7) is 0. The average Bonchev–Trinajstić information content (AvgIpc) is 1.53. The molecule has 10 heteroatoms. The third-order valence-corrected chi connectivity index (χ3v) is 26.6. The van der Waals surface area contributed by atoms with E-state index in [1.165, 1.54) is 77.0 Å². The highest BCUT2D eigenvalue weighted by Gasteiger charge is 2.24. The molecule has 0 N–H and O–H groups in total.